The van der Waals surface area contributed by atoms with Crippen molar-refractivity contribution in [2.75, 3.05) is 46.4 Å². The van der Waals surface area contributed by atoms with E-state index in [1.807, 2.05) is 0 Å². The summed E-state index contributed by atoms with van der Waals surface area (Å²) in [7, 11) is -1.99. The molecule has 0 spiro atoms. The average molecular weight is 381 g/mol. The van der Waals surface area contributed by atoms with E-state index in [2.05, 4.69) is 5.32 Å². The van der Waals surface area contributed by atoms with Gasteiger partial charge < -0.3 is 15.0 Å². The zero-order valence-corrected chi connectivity index (χ0v) is 16.0. The fourth-order valence-corrected chi connectivity index (χ4v) is 4.94. The Morgan fingerprint density at radius 3 is 2.46 bits per heavy atom. The summed E-state index contributed by atoms with van der Waals surface area (Å²) in [5.74, 6) is 1.35. The Kier molecular flexibility index (Phi) is 6.16. The van der Waals surface area contributed by atoms with Crippen molar-refractivity contribution in [3.05, 3.63) is 24.3 Å². The lowest BCUT2D eigenvalue weighted by molar-refractivity contribution is -0.132. The molecule has 0 saturated carbocycles. The molecule has 2 fully saturated rings. The minimum Gasteiger partial charge on any atom is -0.497 e. The van der Waals surface area contributed by atoms with Crippen LogP contribution in [0.5, 0.6) is 5.75 Å². The van der Waals surface area contributed by atoms with Gasteiger partial charge in [-0.3, -0.25) is 4.79 Å². The monoisotopic (exact) mass is 381 g/mol. The second kappa shape index (κ2) is 8.37. The Morgan fingerprint density at radius 1 is 1.19 bits per heavy atom. The molecule has 0 aromatic heterocycles. The lowest BCUT2D eigenvalue weighted by Gasteiger charge is -2.34. The van der Waals surface area contributed by atoms with E-state index in [9.17, 15) is 13.2 Å². The maximum atomic E-state index is 12.7. The van der Waals surface area contributed by atoms with Crippen LogP contribution in [0.4, 0.5) is 0 Å². The van der Waals surface area contributed by atoms with E-state index in [1.165, 1.54) is 4.31 Å². The molecule has 26 heavy (non-hydrogen) atoms. The third kappa shape index (κ3) is 4.36. The number of nitrogens with zero attached hydrogens (tertiary/aromatic N) is 2. The van der Waals surface area contributed by atoms with Crippen LogP contribution in [0.2, 0.25) is 0 Å². The van der Waals surface area contributed by atoms with Gasteiger partial charge in [0.2, 0.25) is 15.9 Å². The van der Waals surface area contributed by atoms with Crippen LogP contribution in [-0.4, -0.2) is 69.9 Å². The molecule has 2 aliphatic heterocycles. The summed E-state index contributed by atoms with van der Waals surface area (Å²) in [6.07, 6.45) is 2.61. The molecule has 1 N–H and O–H groups in total. The minimum absolute atomic E-state index is 0.137. The van der Waals surface area contributed by atoms with E-state index in [-0.39, 0.29) is 10.8 Å². The van der Waals surface area contributed by atoms with Crippen LogP contribution in [0, 0.1) is 5.92 Å². The van der Waals surface area contributed by atoms with Crippen LogP contribution in [0.15, 0.2) is 29.2 Å². The number of amides is 1. The molecule has 2 saturated heterocycles. The predicted molar refractivity (Wildman–Crippen MR) is 98.5 cm³/mol. The zero-order chi connectivity index (χ0) is 18.6. The highest BCUT2D eigenvalue weighted by atomic mass is 32.2. The molecule has 1 atom stereocenters. The number of piperazine rings is 1. The standard InChI is InChI=1S/C18H27N3O4S/c1-25-16-3-5-17(6-4-16)26(23,24)21-12-10-20(11-13-21)18(22)7-2-15-8-9-19-14-15/h3-6,15,19H,2,7-14H2,1H3. The van der Waals surface area contributed by atoms with Gasteiger partial charge in [-0.25, -0.2) is 8.42 Å². The molecule has 1 unspecified atom stereocenters. The largest absolute Gasteiger partial charge is 0.497 e. The SMILES string of the molecule is COc1ccc(S(=O)(=O)N2CCN(C(=O)CCC3CCNC3)CC2)cc1. The number of carbonyl (C=O) groups excluding carboxylic acids is 1. The quantitative estimate of drug-likeness (QED) is 0.793. The summed E-state index contributed by atoms with van der Waals surface area (Å²) in [5, 5.41) is 3.31. The van der Waals surface area contributed by atoms with Gasteiger partial charge in [0.05, 0.1) is 12.0 Å². The van der Waals surface area contributed by atoms with Crippen LogP contribution >= 0.6 is 0 Å². The smallest absolute Gasteiger partial charge is 0.243 e. The molecule has 1 amide bonds. The Morgan fingerprint density at radius 2 is 1.88 bits per heavy atom. The number of carbonyl (C=O) groups is 1. The van der Waals surface area contributed by atoms with Crippen molar-refractivity contribution in [2.45, 2.75) is 24.2 Å². The normalized spacial score (nSPS) is 21.7. The number of methoxy groups -OCH3 is 1. The predicted octanol–water partition coefficient (Wildman–Crippen LogP) is 0.918. The van der Waals surface area contributed by atoms with Gasteiger partial charge in [-0.2, -0.15) is 4.31 Å². The van der Waals surface area contributed by atoms with Crippen molar-refractivity contribution in [3.63, 3.8) is 0 Å². The maximum absolute atomic E-state index is 12.7. The first-order valence-corrected chi connectivity index (χ1v) is 10.6. The topological polar surface area (TPSA) is 79.0 Å². The molecule has 3 rings (SSSR count). The minimum atomic E-state index is -3.53. The van der Waals surface area contributed by atoms with Crippen molar-refractivity contribution in [3.8, 4) is 5.75 Å². The van der Waals surface area contributed by atoms with Gasteiger partial charge >= 0.3 is 0 Å². The second-order valence-electron chi connectivity index (χ2n) is 6.86. The number of ether oxygens (including phenoxy) is 1. The van der Waals surface area contributed by atoms with Gasteiger partial charge in [-0.05, 0) is 56.1 Å². The van der Waals surface area contributed by atoms with Gasteiger partial charge in [-0.15, -0.1) is 0 Å². The number of hydrogen-bond donors (Lipinski definition) is 1. The zero-order valence-electron chi connectivity index (χ0n) is 15.2. The average Bonchev–Trinajstić information content (AvgIpc) is 3.20. The molecule has 1 aromatic rings. The first-order valence-electron chi connectivity index (χ1n) is 9.13. The van der Waals surface area contributed by atoms with Gasteiger partial charge in [0, 0.05) is 32.6 Å². The molecule has 2 heterocycles. The summed E-state index contributed by atoms with van der Waals surface area (Å²) in [5.41, 5.74) is 0. The molecule has 0 aliphatic carbocycles. The van der Waals surface area contributed by atoms with E-state index < -0.39 is 10.0 Å². The van der Waals surface area contributed by atoms with Crippen molar-refractivity contribution >= 4 is 15.9 Å². The molecular weight excluding hydrogens is 354 g/mol. The van der Waals surface area contributed by atoms with E-state index in [0.29, 0.717) is 44.3 Å². The lowest BCUT2D eigenvalue weighted by Crippen LogP contribution is -2.50. The highest BCUT2D eigenvalue weighted by Gasteiger charge is 2.30. The number of nitrogens with one attached hydrogen (secondary N) is 1. The van der Waals surface area contributed by atoms with Crippen LogP contribution in [-0.2, 0) is 14.8 Å². The van der Waals surface area contributed by atoms with Crippen LogP contribution in [0.3, 0.4) is 0 Å². The highest BCUT2D eigenvalue weighted by molar-refractivity contribution is 7.89. The summed E-state index contributed by atoms with van der Waals surface area (Å²) in [6.45, 7) is 3.63. The number of hydrogen-bond acceptors (Lipinski definition) is 5. The van der Waals surface area contributed by atoms with Crippen molar-refractivity contribution in [1.29, 1.82) is 0 Å². The third-order valence-electron chi connectivity index (χ3n) is 5.22. The molecular formula is C18H27N3O4S. The third-order valence-corrected chi connectivity index (χ3v) is 7.13. The molecule has 7 nitrogen and oxygen atoms in total. The summed E-state index contributed by atoms with van der Waals surface area (Å²) in [4.78, 5) is 14.4. The summed E-state index contributed by atoms with van der Waals surface area (Å²) >= 11 is 0. The molecule has 8 heteroatoms. The Bertz CT molecular complexity index is 706. The van der Waals surface area contributed by atoms with E-state index >= 15 is 0 Å². The highest BCUT2D eigenvalue weighted by Crippen LogP contribution is 2.21. The number of benzene rings is 1. The van der Waals surface area contributed by atoms with E-state index in [1.54, 1.807) is 36.3 Å². The Hall–Kier alpha value is -1.64. The fourth-order valence-electron chi connectivity index (χ4n) is 3.52. The van der Waals surface area contributed by atoms with Crippen molar-refractivity contribution in [1.82, 2.24) is 14.5 Å². The van der Waals surface area contributed by atoms with Gasteiger partial charge in [0.15, 0.2) is 0 Å². The number of sulfonamides is 1. The van der Waals surface area contributed by atoms with E-state index in [0.717, 1.165) is 25.9 Å². The van der Waals surface area contributed by atoms with Gasteiger partial charge in [-0.1, -0.05) is 0 Å². The lowest BCUT2D eigenvalue weighted by atomic mass is 10.0. The maximum Gasteiger partial charge on any atom is 0.243 e. The van der Waals surface area contributed by atoms with Gasteiger partial charge in [0.1, 0.15) is 5.75 Å². The molecule has 1 aromatic carbocycles. The molecule has 144 valence electrons. The first kappa shape index (κ1) is 19.1. The van der Waals surface area contributed by atoms with Crippen LogP contribution in [0.25, 0.3) is 0 Å². The summed E-state index contributed by atoms with van der Waals surface area (Å²) in [6, 6.07) is 6.40. The molecule has 2 aliphatic rings. The van der Waals surface area contributed by atoms with Crippen LogP contribution < -0.4 is 10.1 Å². The van der Waals surface area contributed by atoms with Crippen LogP contribution in [0.1, 0.15) is 19.3 Å². The summed E-state index contributed by atoms with van der Waals surface area (Å²) < 4.78 is 32.0. The van der Waals surface area contributed by atoms with Crippen molar-refractivity contribution in [2.24, 2.45) is 5.92 Å². The van der Waals surface area contributed by atoms with Gasteiger partial charge in [0.25, 0.3) is 0 Å². The fraction of sp³-hybridized carbons (Fsp3) is 0.611. The number of rotatable bonds is 6. The molecule has 0 radical (unpaired) electrons. The van der Waals surface area contributed by atoms with Crippen molar-refractivity contribution < 1.29 is 17.9 Å². The molecule has 0 bridgehead atoms. The Labute approximate surface area is 155 Å². The first-order chi connectivity index (χ1) is 12.5. The second-order valence-corrected chi connectivity index (χ2v) is 8.80. The van der Waals surface area contributed by atoms with E-state index in [4.69, 9.17) is 4.74 Å². The Balaban J connectivity index is 1.52.